The van der Waals surface area contributed by atoms with Crippen LogP contribution in [0.15, 0.2) is 29.3 Å². The molecule has 142 valence electrons. The molecule has 1 aromatic carbocycles. The zero-order valence-electron chi connectivity index (χ0n) is 16.1. The quantitative estimate of drug-likeness (QED) is 0.401. The molecule has 1 aliphatic rings. The third kappa shape index (κ3) is 7.30. The van der Waals surface area contributed by atoms with Crippen LogP contribution in [0, 0.1) is 5.92 Å². The molecule has 1 fully saturated rings. The summed E-state index contributed by atoms with van der Waals surface area (Å²) in [5.41, 5.74) is 1.25. The first-order valence-corrected chi connectivity index (χ1v) is 8.87. The third-order valence-corrected chi connectivity index (χ3v) is 4.05. The van der Waals surface area contributed by atoms with Crippen LogP contribution in [0.5, 0.6) is 5.75 Å². The minimum Gasteiger partial charge on any atom is -0.497 e. The van der Waals surface area contributed by atoms with Gasteiger partial charge in [-0.05, 0) is 52.2 Å². The van der Waals surface area contributed by atoms with Gasteiger partial charge in [-0.1, -0.05) is 6.07 Å². The van der Waals surface area contributed by atoms with Crippen molar-refractivity contribution in [3.05, 3.63) is 24.3 Å². The summed E-state index contributed by atoms with van der Waals surface area (Å²) >= 11 is 0. The Morgan fingerprint density at radius 3 is 2.76 bits per heavy atom. The highest BCUT2D eigenvalue weighted by Gasteiger charge is 2.23. The SMILES string of the molecule is CCNC(=NCC1CCN(c2cccc(OC)c2)C1)NC(C)(C)C.I. The van der Waals surface area contributed by atoms with Crippen LogP contribution in [-0.2, 0) is 0 Å². The summed E-state index contributed by atoms with van der Waals surface area (Å²) in [4.78, 5) is 7.21. The number of methoxy groups -OCH3 is 1. The highest BCUT2D eigenvalue weighted by molar-refractivity contribution is 14.0. The molecule has 0 saturated carbocycles. The summed E-state index contributed by atoms with van der Waals surface area (Å²) in [5, 5.41) is 6.78. The smallest absolute Gasteiger partial charge is 0.191 e. The van der Waals surface area contributed by atoms with Crippen LogP contribution < -0.4 is 20.3 Å². The number of aliphatic imine (C=N–C) groups is 1. The highest BCUT2D eigenvalue weighted by Crippen LogP contribution is 2.26. The van der Waals surface area contributed by atoms with Crippen LogP contribution in [-0.4, -0.2) is 44.8 Å². The first kappa shape index (κ1) is 21.9. The second-order valence-electron chi connectivity index (χ2n) is 7.40. The van der Waals surface area contributed by atoms with Crippen molar-refractivity contribution in [2.24, 2.45) is 10.9 Å². The molecule has 25 heavy (non-hydrogen) atoms. The summed E-state index contributed by atoms with van der Waals surface area (Å²) in [6.45, 7) is 12.4. The van der Waals surface area contributed by atoms with Gasteiger partial charge in [0.2, 0.25) is 0 Å². The van der Waals surface area contributed by atoms with Crippen molar-refractivity contribution < 1.29 is 4.74 Å². The van der Waals surface area contributed by atoms with E-state index in [1.54, 1.807) is 7.11 Å². The van der Waals surface area contributed by atoms with Gasteiger partial charge in [0, 0.05) is 43.5 Å². The van der Waals surface area contributed by atoms with Crippen molar-refractivity contribution in [3.8, 4) is 5.75 Å². The summed E-state index contributed by atoms with van der Waals surface area (Å²) in [6.07, 6.45) is 1.18. The number of nitrogens with one attached hydrogen (secondary N) is 2. The monoisotopic (exact) mass is 460 g/mol. The molecule has 1 aromatic rings. The predicted molar refractivity (Wildman–Crippen MR) is 118 cm³/mol. The zero-order chi connectivity index (χ0) is 17.6. The minimum absolute atomic E-state index is 0. The molecule has 1 unspecified atom stereocenters. The topological polar surface area (TPSA) is 48.9 Å². The Morgan fingerprint density at radius 1 is 1.36 bits per heavy atom. The fraction of sp³-hybridized carbons (Fsp3) is 0.632. The fourth-order valence-corrected chi connectivity index (χ4v) is 2.91. The first-order valence-electron chi connectivity index (χ1n) is 8.87. The molecule has 1 saturated heterocycles. The molecule has 2 N–H and O–H groups in total. The molecule has 0 aliphatic carbocycles. The van der Waals surface area contributed by atoms with Crippen LogP contribution in [0.25, 0.3) is 0 Å². The molecule has 0 radical (unpaired) electrons. The van der Waals surface area contributed by atoms with Crippen LogP contribution in [0.2, 0.25) is 0 Å². The molecule has 0 amide bonds. The first-order chi connectivity index (χ1) is 11.4. The molecule has 0 spiro atoms. The summed E-state index contributed by atoms with van der Waals surface area (Å²) in [6, 6.07) is 8.30. The zero-order valence-corrected chi connectivity index (χ0v) is 18.5. The Bertz CT molecular complexity index is 557. The molecule has 6 heteroatoms. The van der Waals surface area contributed by atoms with Crippen LogP contribution in [0.3, 0.4) is 0 Å². The Labute approximate surface area is 169 Å². The second-order valence-corrected chi connectivity index (χ2v) is 7.40. The molecular weight excluding hydrogens is 427 g/mol. The van der Waals surface area contributed by atoms with Crippen LogP contribution in [0.4, 0.5) is 5.69 Å². The molecule has 0 aromatic heterocycles. The molecule has 5 nitrogen and oxygen atoms in total. The van der Waals surface area contributed by atoms with Crippen molar-refractivity contribution in [2.75, 3.05) is 38.2 Å². The number of benzene rings is 1. The lowest BCUT2D eigenvalue weighted by Crippen LogP contribution is -2.47. The summed E-state index contributed by atoms with van der Waals surface area (Å²) in [7, 11) is 1.71. The maximum Gasteiger partial charge on any atom is 0.191 e. The predicted octanol–water partition coefficient (Wildman–Crippen LogP) is 3.49. The van der Waals surface area contributed by atoms with Gasteiger partial charge in [0.1, 0.15) is 5.75 Å². The van der Waals surface area contributed by atoms with E-state index in [2.05, 4.69) is 61.4 Å². The maximum atomic E-state index is 5.33. The van der Waals surface area contributed by atoms with Gasteiger partial charge < -0.3 is 20.3 Å². The lowest BCUT2D eigenvalue weighted by Gasteiger charge is -2.24. The third-order valence-electron chi connectivity index (χ3n) is 4.05. The molecule has 1 atom stereocenters. The normalized spacial score (nSPS) is 17.9. The minimum atomic E-state index is 0. The number of nitrogens with zero attached hydrogens (tertiary/aromatic N) is 2. The van der Waals surface area contributed by atoms with Gasteiger partial charge in [0.25, 0.3) is 0 Å². The van der Waals surface area contributed by atoms with E-state index in [4.69, 9.17) is 9.73 Å². The number of guanidine groups is 1. The van der Waals surface area contributed by atoms with E-state index in [-0.39, 0.29) is 29.5 Å². The summed E-state index contributed by atoms with van der Waals surface area (Å²) < 4.78 is 5.33. The van der Waals surface area contributed by atoms with Crippen molar-refractivity contribution in [1.82, 2.24) is 10.6 Å². The van der Waals surface area contributed by atoms with Gasteiger partial charge >= 0.3 is 0 Å². The van der Waals surface area contributed by atoms with Gasteiger partial charge in [0.15, 0.2) is 5.96 Å². The summed E-state index contributed by atoms with van der Waals surface area (Å²) in [5.74, 6) is 2.41. The van der Waals surface area contributed by atoms with E-state index in [0.717, 1.165) is 37.9 Å². The maximum absolute atomic E-state index is 5.33. The van der Waals surface area contributed by atoms with E-state index >= 15 is 0 Å². The van der Waals surface area contributed by atoms with Crippen molar-refractivity contribution >= 4 is 35.6 Å². The van der Waals surface area contributed by atoms with E-state index in [9.17, 15) is 0 Å². The molecule has 0 bridgehead atoms. The van der Waals surface area contributed by atoms with E-state index in [0.29, 0.717) is 5.92 Å². The van der Waals surface area contributed by atoms with Crippen molar-refractivity contribution in [3.63, 3.8) is 0 Å². The number of halogens is 1. The van der Waals surface area contributed by atoms with E-state index in [1.807, 2.05) is 6.07 Å². The fourth-order valence-electron chi connectivity index (χ4n) is 2.91. The van der Waals surface area contributed by atoms with Gasteiger partial charge in [-0.15, -0.1) is 24.0 Å². The number of hydrogen-bond acceptors (Lipinski definition) is 3. The van der Waals surface area contributed by atoms with Crippen molar-refractivity contribution in [1.29, 1.82) is 0 Å². The Hall–Kier alpha value is -1.18. The Kier molecular flexibility index (Phi) is 8.82. The number of anilines is 1. The molecule has 1 aliphatic heterocycles. The van der Waals surface area contributed by atoms with E-state index in [1.165, 1.54) is 12.1 Å². The average Bonchev–Trinajstić information content (AvgIpc) is 3.00. The molecular formula is C19H33IN4O. The largest absolute Gasteiger partial charge is 0.497 e. The number of rotatable bonds is 5. The van der Waals surface area contributed by atoms with Crippen molar-refractivity contribution in [2.45, 2.75) is 39.7 Å². The van der Waals surface area contributed by atoms with Crippen LogP contribution in [0.1, 0.15) is 34.1 Å². The Morgan fingerprint density at radius 2 is 2.12 bits per heavy atom. The lowest BCUT2D eigenvalue weighted by atomic mass is 10.1. The van der Waals surface area contributed by atoms with Gasteiger partial charge in [-0.3, -0.25) is 4.99 Å². The standard InChI is InChI=1S/C19H32N4O.HI/c1-6-20-18(22-19(2,3)4)21-13-15-10-11-23(14-15)16-8-7-9-17(12-16)24-5;/h7-9,12,15H,6,10-11,13-14H2,1-5H3,(H2,20,21,22);1H. The van der Waals surface area contributed by atoms with Gasteiger partial charge in [-0.25, -0.2) is 0 Å². The molecule has 1 heterocycles. The second kappa shape index (κ2) is 10.1. The van der Waals surface area contributed by atoms with Gasteiger partial charge in [-0.2, -0.15) is 0 Å². The van der Waals surface area contributed by atoms with Crippen LogP contribution >= 0.6 is 24.0 Å². The lowest BCUT2D eigenvalue weighted by molar-refractivity contribution is 0.415. The number of hydrogen-bond donors (Lipinski definition) is 2. The van der Waals surface area contributed by atoms with E-state index < -0.39 is 0 Å². The highest BCUT2D eigenvalue weighted by atomic mass is 127. The Balaban J connectivity index is 0.00000312. The molecule has 2 rings (SSSR count). The number of ether oxygens (including phenoxy) is 1. The average molecular weight is 460 g/mol. The van der Waals surface area contributed by atoms with Gasteiger partial charge in [0.05, 0.1) is 7.11 Å².